The van der Waals surface area contributed by atoms with Crippen LogP contribution in [0.4, 0.5) is 17.1 Å². The maximum absolute atomic E-state index is 2.55. The number of hydrogen-bond donors (Lipinski definition) is 0. The van der Waals surface area contributed by atoms with Crippen molar-refractivity contribution >= 4 is 61.1 Å². The molecule has 0 atom stereocenters. The Morgan fingerprint density at radius 2 is 0.877 bits per heavy atom. The van der Waals surface area contributed by atoms with Crippen LogP contribution in [0.1, 0.15) is 22.3 Å². The lowest BCUT2D eigenvalue weighted by atomic mass is 9.59. The lowest BCUT2D eigenvalue weighted by Crippen LogP contribution is -2.36. The molecular weight excluding hydrogens is 707 g/mol. The molecule has 1 heterocycles. The summed E-state index contributed by atoms with van der Waals surface area (Å²) in [5.74, 6) is 0. The average molecular weight is 742 g/mol. The van der Waals surface area contributed by atoms with E-state index in [1.807, 2.05) is 11.8 Å². The maximum Gasteiger partial charge on any atom is 0.0735 e. The van der Waals surface area contributed by atoms with E-state index in [-0.39, 0.29) is 0 Å². The summed E-state index contributed by atoms with van der Waals surface area (Å²) >= 11 is 1.89. The number of hydrogen-bond acceptors (Lipinski definition) is 2. The van der Waals surface area contributed by atoms with E-state index in [1.54, 1.807) is 0 Å². The van der Waals surface area contributed by atoms with Gasteiger partial charge in [0.2, 0.25) is 0 Å². The molecule has 0 saturated carbocycles. The van der Waals surface area contributed by atoms with Gasteiger partial charge in [0.15, 0.2) is 0 Å². The van der Waals surface area contributed by atoms with E-state index in [0.717, 1.165) is 17.1 Å². The molecule has 1 nitrogen and oxygen atoms in total. The summed E-state index contributed by atoms with van der Waals surface area (Å²) in [6.07, 6.45) is 0. The second-order valence-electron chi connectivity index (χ2n) is 15.1. The lowest BCUT2D eigenvalue weighted by Gasteiger charge is -2.46. The molecule has 266 valence electrons. The second-order valence-corrected chi connectivity index (χ2v) is 16.2. The standard InChI is InChI=1S/C55H35NS/c1-2-18-38(19-3-1)53-40-22-7-5-17-37(40)32-34-50(53)56(48-29-14-20-36-16-4-6-21-39(36)48)49-35-33-42-41-23-8-9-25-44(41)55(47-28-15-24-43(49)54(42)47)45-26-10-12-30-51(45)57-52-31-13-11-27-46(52)55/h1-35H. The highest BCUT2D eigenvalue weighted by Crippen LogP contribution is 2.62. The SMILES string of the molecule is c1ccc(-c2c(N(c3cccc4ccccc34)c3ccc4c5c(cccc35)C3(c5ccccc5Sc5ccccc53)c3ccccc3-4)ccc3ccccc23)cc1. The molecular formula is C55H35NS. The topological polar surface area (TPSA) is 3.24 Å². The summed E-state index contributed by atoms with van der Waals surface area (Å²) in [5, 5.41) is 7.41. The van der Waals surface area contributed by atoms with Crippen LogP contribution in [-0.2, 0) is 5.41 Å². The van der Waals surface area contributed by atoms with E-state index in [1.165, 1.54) is 86.6 Å². The van der Waals surface area contributed by atoms with Crippen LogP contribution < -0.4 is 4.90 Å². The van der Waals surface area contributed by atoms with Gasteiger partial charge in [-0.1, -0.05) is 194 Å². The first-order valence-corrected chi connectivity index (χ1v) is 20.5. The van der Waals surface area contributed by atoms with E-state index >= 15 is 0 Å². The van der Waals surface area contributed by atoms with Crippen LogP contribution >= 0.6 is 11.8 Å². The van der Waals surface area contributed by atoms with Gasteiger partial charge < -0.3 is 4.90 Å². The van der Waals surface area contributed by atoms with Gasteiger partial charge in [-0.05, 0) is 90.8 Å². The summed E-state index contributed by atoms with van der Waals surface area (Å²) < 4.78 is 0. The Kier molecular flexibility index (Phi) is 7.14. The van der Waals surface area contributed by atoms with Crippen LogP contribution in [0.25, 0.3) is 54.6 Å². The Hall–Kier alpha value is -6.87. The van der Waals surface area contributed by atoms with Crippen LogP contribution in [0.3, 0.4) is 0 Å². The number of nitrogens with zero attached hydrogens (tertiary/aromatic N) is 1. The van der Waals surface area contributed by atoms with Crippen LogP contribution in [0.15, 0.2) is 222 Å². The zero-order chi connectivity index (χ0) is 37.5. The third-order valence-corrected chi connectivity index (χ3v) is 13.5. The molecule has 1 spiro atoms. The quantitative estimate of drug-likeness (QED) is 0.177. The first-order valence-electron chi connectivity index (χ1n) is 19.7. The molecule has 57 heavy (non-hydrogen) atoms. The Labute approximate surface area is 336 Å². The van der Waals surface area contributed by atoms with Gasteiger partial charge in [-0.25, -0.2) is 0 Å². The van der Waals surface area contributed by atoms with Crippen molar-refractivity contribution in [2.24, 2.45) is 0 Å². The summed E-state index contributed by atoms with van der Waals surface area (Å²) in [7, 11) is 0. The van der Waals surface area contributed by atoms with Gasteiger partial charge >= 0.3 is 0 Å². The Morgan fingerprint density at radius 3 is 1.67 bits per heavy atom. The van der Waals surface area contributed by atoms with E-state index in [9.17, 15) is 0 Å². The summed E-state index contributed by atoms with van der Waals surface area (Å²) in [6, 6.07) is 79.0. The van der Waals surface area contributed by atoms with Crippen molar-refractivity contribution in [1.82, 2.24) is 0 Å². The molecule has 0 unspecified atom stereocenters. The Bertz CT molecular complexity index is 3180. The fourth-order valence-corrected chi connectivity index (χ4v) is 11.2. The third kappa shape index (κ3) is 4.59. The van der Waals surface area contributed by atoms with Crippen LogP contribution in [0, 0.1) is 0 Å². The molecule has 0 amide bonds. The molecule has 0 fully saturated rings. The van der Waals surface area contributed by atoms with Crippen molar-refractivity contribution < 1.29 is 0 Å². The van der Waals surface area contributed by atoms with Crippen molar-refractivity contribution in [3.8, 4) is 22.3 Å². The summed E-state index contributed by atoms with van der Waals surface area (Å²) in [5.41, 5.74) is 13.3. The molecule has 2 aliphatic rings. The first kappa shape index (κ1) is 32.4. The minimum absolute atomic E-state index is 0.497. The monoisotopic (exact) mass is 741 g/mol. The number of rotatable bonds is 4. The predicted octanol–water partition coefficient (Wildman–Crippen LogP) is 15.1. The molecule has 10 aromatic rings. The molecule has 1 aliphatic carbocycles. The second kappa shape index (κ2) is 12.6. The van der Waals surface area contributed by atoms with Crippen molar-refractivity contribution in [3.05, 3.63) is 235 Å². The number of fused-ring (bicyclic) bond motifs is 10. The molecule has 10 aromatic carbocycles. The van der Waals surface area contributed by atoms with Gasteiger partial charge in [-0.3, -0.25) is 0 Å². The fourth-order valence-electron chi connectivity index (χ4n) is 10.0. The molecule has 0 bridgehead atoms. The van der Waals surface area contributed by atoms with Gasteiger partial charge in [0.05, 0.1) is 22.5 Å². The highest BCUT2D eigenvalue weighted by molar-refractivity contribution is 7.99. The van der Waals surface area contributed by atoms with Gasteiger partial charge in [-0.2, -0.15) is 0 Å². The van der Waals surface area contributed by atoms with Crippen LogP contribution in [0.5, 0.6) is 0 Å². The van der Waals surface area contributed by atoms with Crippen LogP contribution in [0.2, 0.25) is 0 Å². The molecule has 2 heteroatoms. The first-order chi connectivity index (χ1) is 28.3. The molecule has 0 radical (unpaired) electrons. The minimum Gasteiger partial charge on any atom is -0.309 e. The van der Waals surface area contributed by atoms with Crippen molar-refractivity contribution in [3.63, 3.8) is 0 Å². The Balaban J connectivity index is 1.24. The molecule has 0 N–H and O–H groups in total. The normalized spacial score (nSPS) is 13.3. The van der Waals surface area contributed by atoms with Gasteiger partial charge in [0, 0.05) is 26.1 Å². The van der Waals surface area contributed by atoms with E-state index < -0.39 is 5.41 Å². The van der Waals surface area contributed by atoms with Gasteiger partial charge in [0.25, 0.3) is 0 Å². The van der Waals surface area contributed by atoms with Crippen LogP contribution in [-0.4, -0.2) is 0 Å². The lowest BCUT2D eigenvalue weighted by molar-refractivity contribution is 0.707. The van der Waals surface area contributed by atoms with Gasteiger partial charge in [0.1, 0.15) is 0 Å². The Morgan fingerprint density at radius 1 is 0.333 bits per heavy atom. The number of benzene rings is 10. The zero-order valence-electron chi connectivity index (χ0n) is 31.1. The minimum atomic E-state index is -0.497. The molecule has 1 aliphatic heterocycles. The summed E-state index contributed by atoms with van der Waals surface area (Å²) in [4.78, 5) is 5.17. The number of anilines is 3. The predicted molar refractivity (Wildman–Crippen MR) is 241 cm³/mol. The van der Waals surface area contributed by atoms with Gasteiger partial charge in [-0.15, -0.1) is 0 Å². The van der Waals surface area contributed by atoms with Crippen molar-refractivity contribution in [2.75, 3.05) is 4.90 Å². The molecule has 12 rings (SSSR count). The zero-order valence-corrected chi connectivity index (χ0v) is 31.9. The largest absolute Gasteiger partial charge is 0.309 e. The van der Waals surface area contributed by atoms with E-state index in [4.69, 9.17) is 0 Å². The van der Waals surface area contributed by atoms with Crippen molar-refractivity contribution in [2.45, 2.75) is 15.2 Å². The molecule has 0 saturated heterocycles. The van der Waals surface area contributed by atoms with Crippen molar-refractivity contribution in [1.29, 1.82) is 0 Å². The highest BCUT2D eigenvalue weighted by atomic mass is 32.2. The molecule has 0 aromatic heterocycles. The summed E-state index contributed by atoms with van der Waals surface area (Å²) in [6.45, 7) is 0. The van der Waals surface area contributed by atoms with E-state index in [2.05, 4.69) is 217 Å². The third-order valence-electron chi connectivity index (χ3n) is 12.3. The fraction of sp³-hybridized carbons (Fsp3) is 0.0182. The highest BCUT2D eigenvalue weighted by Gasteiger charge is 2.48. The van der Waals surface area contributed by atoms with E-state index in [0.29, 0.717) is 0 Å². The maximum atomic E-state index is 2.55. The average Bonchev–Trinajstić information content (AvgIpc) is 3.28. The smallest absolute Gasteiger partial charge is 0.0735 e.